The molecule has 5 heteroatoms. The zero-order valence-corrected chi connectivity index (χ0v) is 15.6. The van der Waals surface area contributed by atoms with Crippen LogP contribution in [0.5, 0.6) is 0 Å². The second-order valence-corrected chi connectivity index (χ2v) is 9.38. The Morgan fingerprint density at radius 3 is 2.62 bits per heavy atom. The molecule has 1 saturated carbocycles. The zero-order valence-electron chi connectivity index (χ0n) is 14.8. The van der Waals surface area contributed by atoms with Crippen LogP contribution in [0.3, 0.4) is 0 Å². The second-order valence-electron chi connectivity index (χ2n) is 7.40. The Morgan fingerprint density at radius 1 is 1.25 bits per heavy atom. The molecule has 0 spiro atoms. The first-order valence-electron chi connectivity index (χ1n) is 8.97. The lowest BCUT2D eigenvalue weighted by atomic mass is 9.80. The van der Waals surface area contributed by atoms with Gasteiger partial charge in [-0.2, -0.15) is 0 Å². The third-order valence-electron chi connectivity index (χ3n) is 5.75. The number of aryl methyl sites for hydroxylation is 1. The number of sulfone groups is 1. The van der Waals surface area contributed by atoms with E-state index in [1.165, 1.54) is 25.5 Å². The zero-order chi connectivity index (χ0) is 17.5. The van der Waals surface area contributed by atoms with Crippen molar-refractivity contribution in [3.05, 3.63) is 29.3 Å². The molecule has 1 heterocycles. The molecule has 1 saturated heterocycles. The predicted molar refractivity (Wildman–Crippen MR) is 94.9 cm³/mol. The molecule has 24 heavy (non-hydrogen) atoms. The minimum Gasteiger partial charge on any atom is -0.335 e. The molecule has 0 aromatic heterocycles. The van der Waals surface area contributed by atoms with Crippen LogP contribution in [0.4, 0.5) is 0 Å². The summed E-state index contributed by atoms with van der Waals surface area (Å²) in [4.78, 5) is 15.4. The van der Waals surface area contributed by atoms with E-state index in [1.807, 2.05) is 11.8 Å². The highest BCUT2D eigenvalue weighted by molar-refractivity contribution is 7.90. The topological polar surface area (TPSA) is 54.5 Å². The van der Waals surface area contributed by atoms with E-state index in [0.29, 0.717) is 34.8 Å². The SMILES string of the molecule is CCc1ccc(C(=O)N2CC(C)C3CCCCC32)cc1S(C)(=O)=O. The summed E-state index contributed by atoms with van der Waals surface area (Å²) in [6, 6.07) is 5.49. The summed E-state index contributed by atoms with van der Waals surface area (Å²) in [5.74, 6) is 1.12. The number of fused-ring (bicyclic) bond motifs is 1. The number of rotatable bonds is 3. The minimum absolute atomic E-state index is 0.0104. The van der Waals surface area contributed by atoms with Gasteiger partial charge in [0.15, 0.2) is 9.84 Å². The van der Waals surface area contributed by atoms with Gasteiger partial charge in [-0.1, -0.05) is 32.8 Å². The van der Waals surface area contributed by atoms with Gasteiger partial charge in [-0.3, -0.25) is 4.79 Å². The van der Waals surface area contributed by atoms with Crippen LogP contribution in [0.2, 0.25) is 0 Å². The summed E-state index contributed by atoms with van der Waals surface area (Å²) in [5, 5.41) is 0. The lowest BCUT2D eigenvalue weighted by molar-refractivity contribution is 0.0690. The van der Waals surface area contributed by atoms with Crippen LogP contribution in [0.25, 0.3) is 0 Å². The number of nitrogens with zero attached hydrogens (tertiary/aromatic N) is 1. The summed E-state index contributed by atoms with van der Waals surface area (Å²) in [6.07, 6.45) is 6.58. The molecule has 0 N–H and O–H groups in total. The van der Waals surface area contributed by atoms with Crippen LogP contribution in [-0.2, 0) is 16.3 Å². The molecule has 4 nitrogen and oxygen atoms in total. The summed E-state index contributed by atoms with van der Waals surface area (Å²) < 4.78 is 24.1. The monoisotopic (exact) mass is 349 g/mol. The van der Waals surface area contributed by atoms with Gasteiger partial charge in [-0.25, -0.2) is 8.42 Å². The summed E-state index contributed by atoms with van der Waals surface area (Å²) in [6.45, 7) is 4.95. The fraction of sp³-hybridized carbons (Fsp3) is 0.632. The molecule has 1 aromatic rings. The van der Waals surface area contributed by atoms with E-state index in [4.69, 9.17) is 0 Å². The molecule has 1 aliphatic heterocycles. The molecule has 1 amide bonds. The smallest absolute Gasteiger partial charge is 0.254 e. The van der Waals surface area contributed by atoms with Crippen LogP contribution in [0, 0.1) is 11.8 Å². The molecule has 0 radical (unpaired) electrons. The first kappa shape index (κ1) is 17.5. The number of carbonyl (C=O) groups excluding carboxylic acids is 1. The number of carbonyl (C=O) groups is 1. The maximum absolute atomic E-state index is 13.1. The first-order chi connectivity index (χ1) is 11.3. The Labute approximate surface area is 145 Å². The van der Waals surface area contributed by atoms with Crippen molar-refractivity contribution in [1.29, 1.82) is 0 Å². The van der Waals surface area contributed by atoms with E-state index in [-0.39, 0.29) is 5.91 Å². The highest BCUT2D eigenvalue weighted by Crippen LogP contribution is 2.40. The van der Waals surface area contributed by atoms with Crippen molar-refractivity contribution in [3.63, 3.8) is 0 Å². The standard InChI is InChI=1S/C19H27NO3S/c1-4-14-9-10-15(11-18(14)24(3,22)23)19(21)20-12-13(2)16-7-5-6-8-17(16)20/h9-11,13,16-17H,4-8,12H2,1-3H3. The van der Waals surface area contributed by atoms with Gasteiger partial charge >= 0.3 is 0 Å². The van der Waals surface area contributed by atoms with Gasteiger partial charge in [0.2, 0.25) is 0 Å². The van der Waals surface area contributed by atoms with E-state index < -0.39 is 9.84 Å². The van der Waals surface area contributed by atoms with Crippen molar-refractivity contribution < 1.29 is 13.2 Å². The molecule has 3 unspecified atom stereocenters. The molecule has 3 rings (SSSR count). The van der Waals surface area contributed by atoms with Crippen molar-refractivity contribution in [2.45, 2.75) is 56.9 Å². The number of hydrogen-bond acceptors (Lipinski definition) is 3. The average Bonchev–Trinajstić information content (AvgIpc) is 2.90. The number of likely N-dealkylation sites (tertiary alicyclic amines) is 1. The van der Waals surface area contributed by atoms with E-state index in [9.17, 15) is 13.2 Å². The number of hydrogen-bond donors (Lipinski definition) is 0. The molecule has 0 bridgehead atoms. The fourth-order valence-electron chi connectivity index (χ4n) is 4.50. The third kappa shape index (κ3) is 3.10. The maximum Gasteiger partial charge on any atom is 0.254 e. The van der Waals surface area contributed by atoms with Crippen molar-refractivity contribution in [2.24, 2.45) is 11.8 Å². The first-order valence-corrected chi connectivity index (χ1v) is 10.9. The van der Waals surface area contributed by atoms with Crippen molar-refractivity contribution in [3.8, 4) is 0 Å². The highest BCUT2D eigenvalue weighted by atomic mass is 32.2. The van der Waals surface area contributed by atoms with E-state index >= 15 is 0 Å². The van der Waals surface area contributed by atoms with Crippen LogP contribution < -0.4 is 0 Å². The molecule has 2 aliphatic rings. The molecular weight excluding hydrogens is 322 g/mol. The Kier molecular flexibility index (Phi) is 4.73. The summed E-state index contributed by atoms with van der Waals surface area (Å²) in [7, 11) is -3.33. The van der Waals surface area contributed by atoms with E-state index in [1.54, 1.807) is 18.2 Å². The summed E-state index contributed by atoms with van der Waals surface area (Å²) >= 11 is 0. The predicted octanol–water partition coefficient (Wildman–Crippen LogP) is 3.30. The van der Waals surface area contributed by atoms with Gasteiger partial charge in [0.05, 0.1) is 4.90 Å². The van der Waals surface area contributed by atoms with Gasteiger partial charge in [0.1, 0.15) is 0 Å². The van der Waals surface area contributed by atoms with Gasteiger partial charge in [0, 0.05) is 24.4 Å². The van der Waals surface area contributed by atoms with Crippen molar-refractivity contribution >= 4 is 15.7 Å². The molecule has 1 aliphatic carbocycles. The van der Waals surface area contributed by atoms with Gasteiger partial charge in [-0.05, 0) is 48.8 Å². The van der Waals surface area contributed by atoms with Crippen LogP contribution in [-0.4, -0.2) is 38.1 Å². The largest absolute Gasteiger partial charge is 0.335 e. The van der Waals surface area contributed by atoms with Crippen molar-refractivity contribution in [1.82, 2.24) is 4.90 Å². The Bertz CT molecular complexity index is 741. The Balaban J connectivity index is 1.93. The molecule has 1 aromatic carbocycles. The summed E-state index contributed by atoms with van der Waals surface area (Å²) in [5.41, 5.74) is 1.28. The number of benzene rings is 1. The van der Waals surface area contributed by atoms with Crippen LogP contribution >= 0.6 is 0 Å². The van der Waals surface area contributed by atoms with Gasteiger partial charge in [-0.15, -0.1) is 0 Å². The lowest BCUT2D eigenvalue weighted by Crippen LogP contribution is -2.39. The van der Waals surface area contributed by atoms with Gasteiger partial charge < -0.3 is 4.90 Å². The van der Waals surface area contributed by atoms with Crippen LogP contribution in [0.1, 0.15) is 55.5 Å². The molecule has 2 fully saturated rings. The van der Waals surface area contributed by atoms with E-state index in [2.05, 4.69) is 6.92 Å². The third-order valence-corrected chi connectivity index (χ3v) is 6.93. The average molecular weight is 349 g/mol. The van der Waals surface area contributed by atoms with Gasteiger partial charge in [0.25, 0.3) is 5.91 Å². The van der Waals surface area contributed by atoms with Crippen LogP contribution in [0.15, 0.2) is 23.1 Å². The normalized spacial score (nSPS) is 27.1. The molecule has 3 atom stereocenters. The lowest BCUT2D eigenvalue weighted by Gasteiger charge is -2.32. The minimum atomic E-state index is -3.33. The maximum atomic E-state index is 13.1. The molecule has 132 valence electrons. The fourth-order valence-corrected chi connectivity index (χ4v) is 5.53. The molecular formula is C19H27NO3S. The number of amides is 1. The Morgan fingerprint density at radius 2 is 1.96 bits per heavy atom. The van der Waals surface area contributed by atoms with Crippen molar-refractivity contribution in [2.75, 3.05) is 12.8 Å². The Hall–Kier alpha value is -1.36. The second kappa shape index (κ2) is 6.51. The van der Waals surface area contributed by atoms with E-state index in [0.717, 1.165) is 18.5 Å². The highest BCUT2D eigenvalue weighted by Gasteiger charge is 2.42. The quantitative estimate of drug-likeness (QED) is 0.841.